The Bertz CT molecular complexity index is 194. The van der Waals surface area contributed by atoms with Gasteiger partial charge in [-0.15, -0.1) is 0 Å². The number of carboxylic acids is 1. The van der Waals surface area contributed by atoms with Crippen molar-refractivity contribution in [2.75, 3.05) is 20.6 Å². The van der Waals surface area contributed by atoms with Gasteiger partial charge >= 0.3 is 5.97 Å². The van der Waals surface area contributed by atoms with Crippen LogP contribution in [-0.2, 0) is 4.79 Å². The van der Waals surface area contributed by atoms with E-state index in [4.69, 9.17) is 10.8 Å². The molecule has 0 heterocycles. The molecule has 82 valence electrons. The number of hydrogen-bond donors (Lipinski definition) is 3. The van der Waals surface area contributed by atoms with E-state index in [9.17, 15) is 4.79 Å². The number of rotatable bonds is 7. The van der Waals surface area contributed by atoms with Gasteiger partial charge < -0.3 is 21.2 Å². The average Bonchev–Trinajstić information content (AvgIpc) is 2.09. The fourth-order valence-electron chi connectivity index (χ4n) is 0.839. The number of nitrogens with two attached hydrogens (primary N) is 1. The zero-order chi connectivity index (χ0) is 11.0. The Morgan fingerprint density at radius 1 is 1.71 bits per heavy atom. The Balaban J connectivity index is 3.91. The number of hydrazone groups is 1. The fourth-order valence-corrected chi connectivity index (χ4v) is 0.839. The first kappa shape index (κ1) is 12.7. The molecule has 0 aliphatic heterocycles. The molecule has 0 saturated carbocycles. The summed E-state index contributed by atoms with van der Waals surface area (Å²) < 4.78 is 0. The number of nitrogens with zero attached hydrogens (tertiary/aromatic N) is 2. The molecule has 6 heteroatoms. The molecule has 0 aliphatic rings. The van der Waals surface area contributed by atoms with E-state index >= 15 is 0 Å². The summed E-state index contributed by atoms with van der Waals surface area (Å²) in [6, 6.07) is -0.609. The summed E-state index contributed by atoms with van der Waals surface area (Å²) in [6.45, 7) is 0.496. The molecule has 0 aromatic rings. The molecule has 0 unspecified atom stereocenters. The molecule has 0 rings (SSSR count). The van der Waals surface area contributed by atoms with Gasteiger partial charge in [-0.25, -0.2) is 4.79 Å². The summed E-state index contributed by atoms with van der Waals surface area (Å²) in [6.07, 6.45) is 2.57. The van der Waals surface area contributed by atoms with Crippen molar-refractivity contribution in [2.45, 2.75) is 18.9 Å². The standard InChI is InChI=1S/C8H18N4O2/c1-12(2)11-6-10-7(8(13)14)4-3-5-9/h6-7H,3-5,9H2,1-2H3,(H,10,11)(H,13,14)/t7-/m0/s1. The number of carboxylic acid groups (broad SMARTS) is 1. The Morgan fingerprint density at radius 2 is 2.36 bits per heavy atom. The van der Waals surface area contributed by atoms with Gasteiger partial charge in [-0.1, -0.05) is 0 Å². The Kier molecular flexibility index (Phi) is 6.47. The van der Waals surface area contributed by atoms with Crippen LogP contribution in [0.2, 0.25) is 0 Å². The maximum atomic E-state index is 10.7. The third-order valence-corrected chi connectivity index (χ3v) is 1.56. The van der Waals surface area contributed by atoms with Crippen LogP contribution < -0.4 is 11.1 Å². The minimum absolute atomic E-state index is 0.496. The van der Waals surface area contributed by atoms with Crippen LogP contribution in [0.3, 0.4) is 0 Å². The molecular weight excluding hydrogens is 184 g/mol. The normalized spacial score (nSPS) is 12.8. The van der Waals surface area contributed by atoms with E-state index in [2.05, 4.69) is 10.4 Å². The van der Waals surface area contributed by atoms with Gasteiger partial charge in [0.15, 0.2) is 0 Å². The highest BCUT2D eigenvalue weighted by Crippen LogP contribution is 1.95. The molecule has 0 fully saturated rings. The monoisotopic (exact) mass is 202 g/mol. The minimum Gasteiger partial charge on any atom is -0.480 e. The zero-order valence-corrected chi connectivity index (χ0v) is 8.60. The highest BCUT2D eigenvalue weighted by molar-refractivity contribution is 5.76. The van der Waals surface area contributed by atoms with Crippen LogP contribution in [0.25, 0.3) is 0 Å². The highest BCUT2D eigenvalue weighted by atomic mass is 16.4. The van der Waals surface area contributed by atoms with Crippen LogP contribution in [0.1, 0.15) is 12.8 Å². The van der Waals surface area contributed by atoms with Crippen molar-refractivity contribution >= 4 is 12.3 Å². The molecule has 0 radical (unpaired) electrons. The van der Waals surface area contributed by atoms with Crippen molar-refractivity contribution in [3.05, 3.63) is 0 Å². The van der Waals surface area contributed by atoms with Crippen molar-refractivity contribution in [2.24, 2.45) is 10.8 Å². The van der Waals surface area contributed by atoms with Gasteiger partial charge in [0.05, 0.1) is 0 Å². The van der Waals surface area contributed by atoms with Crippen LogP contribution in [0.15, 0.2) is 5.10 Å². The molecule has 0 spiro atoms. The van der Waals surface area contributed by atoms with Gasteiger partial charge in [0.1, 0.15) is 12.4 Å². The van der Waals surface area contributed by atoms with Gasteiger partial charge in [0.2, 0.25) is 0 Å². The van der Waals surface area contributed by atoms with Crippen LogP contribution in [-0.4, -0.2) is 49.1 Å². The topological polar surface area (TPSA) is 91.0 Å². The third kappa shape index (κ3) is 6.24. The van der Waals surface area contributed by atoms with Crippen molar-refractivity contribution in [3.8, 4) is 0 Å². The maximum Gasteiger partial charge on any atom is 0.326 e. The van der Waals surface area contributed by atoms with Crippen molar-refractivity contribution in [3.63, 3.8) is 0 Å². The van der Waals surface area contributed by atoms with Gasteiger partial charge in [-0.05, 0) is 19.4 Å². The zero-order valence-electron chi connectivity index (χ0n) is 8.60. The first-order valence-electron chi connectivity index (χ1n) is 4.46. The third-order valence-electron chi connectivity index (χ3n) is 1.56. The highest BCUT2D eigenvalue weighted by Gasteiger charge is 2.14. The van der Waals surface area contributed by atoms with Crippen molar-refractivity contribution in [1.29, 1.82) is 0 Å². The predicted molar refractivity (Wildman–Crippen MR) is 55.0 cm³/mol. The second kappa shape index (κ2) is 7.14. The number of nitrogens with one attached hydrogen (secondary N) is 1. The SMILES string of the molecule is CN(C)N=CN[C@@H](CCCN)C(=O)O. The average molecular weight is 202 g/mol. The summed E-state index contributed by atoms with van der Waals surface area (Å²) in [4.78, 5) is 10.7. The molecule has 14 heavy (non-hydrogen) atoms. The first-order valence-corrected chi connectivity index (χ1v) is 4.46. The largest absolute Gasteiger partial charge is 0.480 e. The van der Waals surface area contributed by atoms with Gasteiger partial charge in [0, 0.05) is 14.1 Å². The maximum absolute atomic E-state index is 10.7. The quantitative estimate of drug-likeness (QED) is 0.288. The van der Waals surface area contributed by atoms with Gasteiger partial charge in [0.25, 0.3) is 0 Å². The van der Waals surface area contributed by atoms with Crippen molar-refractivity contribution < 1.29 is 9.90 Å². The van der Waals surface area contributed by atoms with E-state index in [-0.39, 0.29) is 0 Å². The van der Waals surface area contributed by atoms with E-state index in [1.165, 1.54) is 6.34 Å². The molecule has 1 atom stereocenters. The lowest BCUT2D eigenvalue weighted by Gasteiger charge is -2.11. The fraction of sp³-hybridized carbons (Fsp3) is 0.750. The molecule has 0 aromatic carbocycles. The first-order chi connectivity index (χ1) is 6.57. The van der Waals surface area contributed by atoms with Crippen molar-refractivity contribution in [1.82, 2.24) is 10.3 Å². The van der Waals surface area contributed by atoms with Crippen LogP contribution >= 0.6 is 0 Å². The van der Waals surface area contributed by atoms with E-state index in [1.807, 2.05) is 0 Å². The van der Waals surface area contributed by atoms with E-state index in [0.717, 1.165) is 0 Å². The smallest absolute Gasteiger partial charge is 0.326 e. The lowest BCUT2D eigenvalue weighted by Crippen LogP contribution is -2.36. The van der Waals surface area contributed by atoms with E-state index in [1.54, 1.807) is 19.1 Å². The number of hydrogen-bond acceptors (Lipinski definition) is 4. The molecule has 0 amide bonds. The lowest BCUT2D eigenvalue weighted by atomic mass is 10.1. The molecule has 0 saturated heterocycles. The summed E-state index contributed by atoms with van der Waals surface area (Å²) >= 11 is 0. The Hall–Kier alpha value is -1.30. The summed E-state index contributed by atoms with van der Waals surface area (Å²) in [5.41, 5.74) is 5.29. The second-order valence-electron chi connectivity index (χ2n) is 3.08. The number of carbonyl (C=O) groups is 1. The minimum atomic E-state index is -0.886. The molecule has 6 nitrogen and oxygen atoms in total. The summed E-state index contributed by atoms with van der Waals surface area (Å²) in [5.74, 6) is -0.886. The van der Waals surface area contributed by atoms with Gasteiger partial charge in [-0.3, -0.25) is 0 Å². The molecular formula is C8H18N4O2. The Morgan fingerprint density at radius 3 is 2.79 bits per heavy atom. The van der Waals surface area contributed by atoms with Crippen LogP contribution in [0.5, 0.6) is 0 Å². The van der Waals surface area contributed by atoms with Crippen LogP contribution in [0, 0.1) is 0 Å². The molecule has 4 N–H and O–H groups in total. The van der Waals surface area contributed by atoms with E-state index < -0.39 is 12.0 Å². The summed E-state index contributed by atoms with van der Waals surface area (Å²) in [7, 11) is 3.52. The molecule has 0 bridgehead atoms. The predicted octanol–water partition coefficient (Wildman–Crippen LogP) is -0.727. The number of aliphatic carboxylic acids is 1. The lowest BCUT2D eigenvalue weighted by molar-refractivity contribution is -0.139. The second-order valence-corrected chi connectivity index (χ2v) is 3.08. The van der Waals surface area contributed by atoms with Crippen LogP contribution in [0.4, 0.5) is 0 Å². The molecule has 0 aliphatic carbocycles. The van der Waals surface area contributed by atoms with E-state index in [0.29, 0.717) is 19.4 Å². The summed E-state index contributed by atoms with van der Waals surface area (Å²) in [5, 5.41) is 16.9. The Labute approximate surface area is 83.8 Å². The molecule has 0 aromatic heterocycles. The van der Waals surface area contributed by atoms with Gasteiger partial charge in [-0.2, -0.15) is 5.10 Å².